The van der Waals surface area contributed by atoms with Gasteiger partial charge < -0.3 is 5.32 Å². The first-order valence-corrected chi connectivity index (χ1v) is 5.98. The molecule has 1 atom stereocenters. The van der Waals surface area contributed by atoms with E-state index in [1.54, 1.807) is 0 Å². The van der Waals surface area contributed by atoms with E-state index in [1.165, 1.54) is 45.1 Å². The van der Waals surface area contributed by atoms with Gasteiger partial charge in [-0.25, -0.2) is 0 Å². The van der Waals surface area contributed by atoms with Gasteiger partial charge in [-0.05, 0) is 43.6 Å². The summed E-state index contributed by atoms with van der Waals surface area (Å²) < 4.78 is 0. The fraction of sp³-hybridized carbons (Fsp3) is 1.00. The Kier molecular flexibility index (Phi) is 2.64. The maximum absolute atomic E-state index is 3.74. The Morgan fingerprint density at radius 3 is 2.54 bits per heavy atom. The van der Waals surface area contributed by atoms with Gasteiger partial charge in [0.05, 0.1) is 0 Å². The molecular formula is C12H23N. The van der Waals surface area contributed by atoms with Gasteiger partial charge in [-0.15, -0.1) is 0 Å². The summed E-state index contributed by atoms with van der Waals surface area (Å²) in [4.78, 5) is 0. The minimum atomic E-state index is 0.678. The molecule has 0 aromatic rings. The van der Waals surface area contributed by atoms with Crippen molar-refractivity contribution in [1.82, 2.24) is 5.32 Å². The van der Waals surface area contributed by atoms with Crippen molar-refractivity contribution in [2.75, 3.05) is 6.54 Å². The SMILES string of the molecule is CCCNC(CC1CC1)C1(C)CC1. The monoisotopic (exact) mass is 181 g/mol. The molecule has 1 N–H and O–H groups in total. The summed E-state index contributed by atoms with van der Waals surface area (Å²) in [5, 5.41) is 3.74. The molecule has 2 saturated carbocycles. The van der Waals surface area contributed by atoms with Crippen LogP contribution in [0.5, 0.6) is 0 Å². The molecule has 0 amide bonds. The highest BCUT2D eigenvalue weighted by atomic mass is 14.9. The van der Waals surface area contributed by atoms with Crippen LogP contribution in [-0.2, 0) is 0 Å². The average Bonchev–Trinajstić information content (AvgIpc) is 2.96. The van der Waals surface area contributed by atoms with Crippen molar-refractivity contribution < 1.29 is 0 Å². The third-order valence-corrected chi connectivity index (χ3v) is 3.79. The summed E-state index contributed by atoms with van der Waals surface area (Å²) in [6, 6.07) is 0.833. The highest BCUT2D eigenvalue weighted by molar-refractivity contribution is 5.00. The highest BCUT2D eigenvalue weighted by Crippen LogP contribution is 2.51. The van der Waals surface area contributed by atoms with Crippen LogP contribution < -0.4 is 5.32 Å². The molecule has 0 aromatic heterocycles. The van der Waals surface area contributed by atoms with E-state index in [4.69, 9.17) is 0 Å². The lowest BCUT2D eigenvalue weighted by atomic mass is 9.93. The Bertz CT molecular complexity index is 168. The predicted octanol–water partition coefficient (Wildman–Crippen LogP) is 2.95. The van der Waals surface area contributed by atoms with E-state index in [-0.39, 0.29) is 0 Å². The van der Waals surface area contributed by atoms with Crippen molar-refractivity contribution >= 4 is 0 Å². The van der Waals surface area contributed by atoms with Crippen LogP contribution in [0.4, 0.5) is 0 Å². The van der Waals surface area contributed by atoms with Crippen LogP contribution in [0.25, 0.3) is 0 Å². The molecule has 1 unspecified atom stereocenters. The van der Waals surface area contributed by atoms with E-state index in [9.17, 15) is 0 Å². The van der Waals surface area contributed by atoms with Gasteiger partial charge in [0, 0.05) is 6.04 Å². The first-order chi connectivity index (χ1) is 6.24. The second-order valence-corrected chi connectivity index (χ2v) is 5.34. The molecular weight excluding hydrogens is 158 g/mol. The van der Waals surface area contributed by atoms with E-state index in [0.29, 0.717) is 5.41 Å². The third-order valence-electron chi connectivity index (χ3n) is 3.79. The fourth-order valence-electron chi connectivity index (χ4n) is 2.17. The van der Waals surface area contributed by atoms with Crippen molar-refractivity contribution in [2.45, 2.75) is 58.4 Å². The van der Waals surface area contributed by atoms with Gasteiger partial charge in [-0.1, -0.05) is 26.7 Å². The molecule has 0 heterocycles. The second kappa shape index (κ2) is 3.61. The molecule has 2 rings (SSSR count). The van der Waals surface area contributed by atoms with Crippen LogP contribution in [0.15, 0.2) is 0 Å². The first kappa shape index (κ1) is 9.51. The van der Waals surface area contributed by atoms with Crippen LogP contribution in [-0.4, -0.2) is 12.6 Å². The minimum Gasteiger partial charge on any atom is -0.313 e. The summed E-state index contributed by atoms with van der Waals surface area (Å²) in [6.07, 6.45) is 8.65. The van der Waals surface area contributed by atoms with Crippen molar-refractivity contribution in [3.05, 3.63) is 0 Å². The molecule has 0 radical (unpaired) electrons. The molecule has 0 aromatic carbocycles. The van der Waals surface area contributed by atoms with Gasteiger partial charge in [0.25, 0.3) is 0 Å². The molecule has 1 nitrogen and oxygen atoms in total. The molecule has 0 aliphatic heterocycles. The van der Waals surface area contributed by atoms with Crippen molar-refractivity contribution in [3.8, 4) is 0 Å². The van der Waals surface area contributed by atoms with Gasteiger partial charge in [-0.3, -0.25) is 0 Å². The van der Waals surface area contributed by atoms with Crippen molar-refractivity contribution in [1.29, 1.82) is 0 Å². The minimum absolute atomic E-state index is 0.678. The number of hydrogen-bond donors (Lipinski definition) is 1. The first-order valence-electron chi connectivity index (χ1n) is 5.98. The highest BCUT2D eigenvalue weighted by Gasteiger charge is 2.45. The molecule has 13 heavy (non-hydrogen) atoms. The van der Waals surface area contributed by atoms with Crippen LogP contribution in [0.2, 0.25) is 0 Å². The molecule has 1 heteroatoms. The molecule has 0 saturated heterocycles. The lowest BCUT2D eigenvalue weighted by Crippen LogP contribution is -2.37. The summed E-state index contributed by atoms with van der Waals surface area (Å²) >= 11 is 0. The second-order valence-electron chi connectivity index (χ2n) is 5.34. The molecule has 0 spiro atoms. The smallest absolute Gasteiger partial charge is 0.0123 e. The number of nitrogens with one attached hydrogen (secondary N) is 1. The Balaban J connectivity index is 1.79. The van der Waals surface area contributed by atoms with Gasteiger partial charge >= 0.3 is 0 Å². The molecule has 76 valence electrons. The topological polar surface area (TPSA) is 12.0 Å². The van der Waals surface area contributed by atoms with Crippen molar-refractivity contribution in [2.24, 2.45) is 11.3 Å². The standard InChI is InChI=1S/C12H23N/c1-3-8-13-11(9-10-4-5-10)12(2)6-7-12/h10-11,13H,3-9H2,1-2H3. The van der Waals surface area contributed by atoms with Gasteiger partial charge in [0.15, 0.2) is 0 Å². The van der Waals surface area contributed by atoms with E-state index >= 15 is 0 Å². The summed E-state index contributed by atoms with van der Waals surface area (Å²) in [7, 11) is 0. The summed E-state index contributed by atoms with van der Waals surface area (Å²) in [5.41, 5.74) is 0.678. The zero-order chi connectivity index (χ0) is 9.31. The maximum atomic E-state index is 3.74. The van der Waals surface area contributed by atoms with Crippen LogP contribution in [0.3, 0.4) is 0 Å². The molecule has 2 aliphatic rings. The van der Waals surface area contributed by atoms with E-state index in [2.05, 4.69) is 19.2 Å². The van der Waals surface area contributed by atoms with E-state index < -0.39 is 0 Å². The maximum Gasteiger partial charge on any atom is 0.0123 e. The Morgan fingerprint density at radius 1 is 1.38 bits per heavy atom. The third kappa shape index (κ3) is 2.46. The lowest BCUT2D eigenvalue weighted by Gasteiger charge is -2.24. The van der Waals surface area contributed by atoms with E-state index in [0.717, 1.165) is 12.0 Å². The lowest BCUT2D eigenvalue weighted by molar-refractivity contribution is 0.325. The van der Waals surface area contributed by atoms with E-state index in [1.807, 2.05) is 0 Å². The zero-order valence-corrected chi connectivity index (χ0v) is 9.10. The van der Waals surface area contributed by atoms with Crippen LogP contribution in [0, 0.1) is 11.3 Å². The van der Waals surface area contributed by atoms with Crippen LogP contribution in [0.1, 0.15) is 52.4 Å². The molecule has 2 fully saturated rings. The Labute approximate surface area is 82.3 Å². The number of rotatable bonds is 6. The fourth-order valence-corrected chi connectivity index (χ4v) is 2.17. The van der Waals surface area contributed by atoms with Crippen molar-refractivity contribution in [3.63, 3.8) is 0 Å². The van der Waals surface area contributed by atoms with Crippen LogP contribution >= 0.6 is 0 Å². The number of hydrogen-bond acceptors (Lipinski definition) is 1. The summed E-state index contributed by atoms with van der Waals surface area (Å²) in [5.74, 6) is 1.08. The van der Waals surface area contributed by atoms with Gasteiger partial charge in [0.1, 0.15) is 0 Å². The Hall–Kier alpha value is -0.0400. The molecule has 2 aliphatic carbocycles. The Morgan fingerprint density at radius 2 is 2.08 bits per heavy atom. The average molecular weight is 181 g/mol. The quantitative estimate of drug-likeness (QED) is 0.664. The largest absolute Gasteiger partial charge is 0.313 e. The van der Waals surface area contributed by atoms with Gasteiger partial charge in [0.2, 0.25) is 0 Å². The summed E-state index contributed by atoms with van der Waals surface area (Å²) in [6.45, 7) is 5.94. The molecule has 0 bridgehead atoms. The van der Waals surface area contributed by atoms with Gasteiger partial charge in [-0.2, -0.15) is 0 Å². The predicted molar refractivity (Wildman–Crippen MR) is 56.8 cm³/mol. The normalized spacial score (nSPS) is 27.2. The zero-order valence-electron chi connectivity index (χ0n) is 9.10.